The molecule has 2 rings (SSSR count). The molecule has 1 atom stereocenters. The molecule has 1 aliphatic rings. The van der Waals surface area contributed by atoms with E-state index in [1.54, 1.807) is 0 Å². The van der Waals surface area contributed by atoms with E-state index < -0.39 is 0 Å². The first-order chi connectivity index (χ1) is 8.69. The third-order valence-electron chi connectivity index (χ3n) is 3.23. The number of hydrogen-bond donors (Lipinski definition) is 2. The topological polar surface area (TPSA) is 41.1 Å². The van der Waals surface area contributed by atoms with Gasteiger partial charge in [-0.3, -0.25) is 0 Å². The zero-order valence-electron chi connectivity index (χ0n) is 10.6. The molecule has 18 heavy (non-hydrogen) atoms. The lowest BCUT2D eigenvalue weighted by atomic mass is 10.1. The monoisotopic (exact) mass is 266 g/mol. The number of urea groups is 1. The Labute approximate surface area is 113 Å². The molecule has 0 radical (unpaired) electrons. The van der Waals surface area contributed by atoms with E-state index in [-0.39, 0.29) is 12.1 Å². The number of carbonyl (C=O) groups is 1. The van der Waals surface area contributed by atoms with Crippen molar-refractivity contribution >= 4 is 17.6 Å². The third-order valence-corrected chi connectivity index (χ3v) is 3.49. The Bertz CT molecular complexity index is 401. The fourth-order valence-corrected chi connectivity index (χ4v) is 2.01. The van der Waals surface area contributed by atoms with Crippen molar-refractivity contribution in [2.75, 3.05) is 6.54 Å². The maximum absolute atomic E-state index is 11.7. The Morgan fingerprint density at radius 3 is 2.61 bits per heavy atom. The number of nitrogens with one attached hydrogen (secondary N) is 2. The van der Waals surface area contributed by atoms with E-state index in [0.29, 0.717) is 10.9 Å². The molecule has 0 saturated heterocycles. The van der Waals surface area contributed by atoms with Gasteiger partial charge in [-0.05, 0) is 42.9 Å². The summed E-state index contributed by atoms with van der Waals surface area (Å²) in [6.07, 6.45) is 3.35. The van der Waals surface area contributed by atoms with Gasteiger partial charge in [0.05, 0.1) is 6.04 Å². The number of benzene rings is 1. The Hall–Kier alpha value is -1.22. The lowest BCUT2D eigenvalue weighted by Crippen LogP contribution is -2.38. The maximum Gasteiger partial charge on any atom is 0.315 e. The number of amides is 2. The van der Waals surface area contributed by atoms with Crippen LogP contribution in [0.4, 0.5) is 4.79 Å². The van der Waals surface area contributed by atoms with E-state index in [4.69, 9.17) is 11.6 Å². The van der Waals surface area contributed by atoms with Gasteiger partial charge in [0.25, 0.3) is 0 Å². The van der Waals surface area contributed by atoms with Crippen LogP contribution in [0.25, 0.3) is 0 Å². The molecule has 0 aliphatic heterocycles. The van der Waals surface area contributed by atoms with E-state index in [1.807, 2.05) is 24.3 Å². The quantitative estimate of drug-likeness (QED) is 0.841. The van der Waals surface area contributed by atoms with Crippen LogP contribution in [0.1, 0.15) is 37.8 Å². The number of hydrogen-bond acceptors (Lipinski definition) is 1. The van der Waals surface area contributed by atoms with Crippen LogP contribution in [0.15, 0.2) is 24.3 Å². The van der Waals surface area contributed by atoms with Gasteiger partial charge in [-0.25, -0.2) is 4.79 Å². The van der Waals surface area contributed by atoms with Crippen molar-refractivity contribution in [2.24, 2.45) is 5.92 Å². The molecule has 1 aliphatic carbocycles. The minimum absolute atomic E-state index is 0.0430. The highest BCUT2D eigenvalue weighted by molar-refractivity contribution is 6.30. The van der Waals surface area contributed by atoms with Gasteiger partial charge in [-0.15, -0.1) is 0 Å². The van der Waals surface area contributed by atoms with E-state index >= 15 is 0 Å². The Morgan fingerprint density at radius 1 is 1.39 bits per heavy atom. The summed E-state index contributed by atoms with van der Waals surface area (Å²) >= 11 is 5.86. The predicted molar refractivity (Wildman–Crippen MR) is 73.7 cm³/mol. The van der Waals surface area contributed by atoms with Crippen molar-refractivity contribution in [3.05, 3.63) is 34.9 Å². The van der Waals surface area contributed by atoms with Gasteiger partial charge in [-0.1, -0.05) is 30.7 Å². The molecular formula is C14H19ClN2O. The molecule has 1 fully saturated rings. The first-order valence-corrected chi connectivity index (χ1v) is 6.86. The van der Waals surface area contributed by atoms with Crippen molar-refractivity contribution in [2.45, 2.75) is 32.2 Å². The minimum atomic E-state index is -0.0799. The van der Waals surface area contributed by atoms with Crippen LogP contribution < -0.4 is 10.6 Å². The van der Waals surface area contributed by atoms with Crippen molar-refractivity contribution in [1.29, 1.82) is 0 Å². The van der Waals surface area contributed by atoms with Gasteiger partial charge >= 0.3 is 6.03 Å². The average Bonchev–Trinajstić information content (AvgIpc) is 3.19. The van der Waals surface area contributed by atoms with Gasteiger partial charge < -0.3 is 10.6 Å². The largest absolute Gasteiger partial charge is 0.338 e. The summed E-state index contributed by atoms with van der Waals surface area (Å²) in [5.41, 5.74) is 1.09. The van der Waals surface area contributed by atoms with Crippen LogP contribution in [-0.2, 0) is 0 Å². The molecular weight excluding hydrogens is 248 g/mol. The van der Waals surface area contributed by atoms with Gasteiger partial charge in [0.15, 0.2) is 0 Å². The second-order valence-electron chi connectivity index (χ2n) is 4.81. The first-order valence-electron chi connectivity index (χ1n) is 6.49. The van der Waals surface area contributed by atoms with E-state index in [0.717, 1.165) is 18.5 Å². The lowest BCUT2D eigenvalue weighted by molar-refractivity contribution is 0.236. The first kappa shape index (κ1) is 13.2. The van der Waals surface area contributed by atoms with Crippen molar-refractivity contribution in [3.63, 3.8) is 0 Å². The Morgan fingerprint density at radius 2 is 2.06 bits per heavy atom. The second kappa shape index (κ2) is 6.10. The Balaban J connectivity index is 1.87. The van der Waals surface area contributed by atoms with Gasteiger partial charge in [-0.2, -0.15) is 0 Å². The summed E-state index contributed by atoms with van der Waals surface area (Å²) in [6.45, 7) is 2.85. The van der Waals surface area contributed by atoms with Crippen LogP contribution in [0.3, 0.4) is 0 Å². The van der Waals surface area contributed by atoms with Crippen molar-refractivity contribution in [1.82, 2.24) is 10.6 Å². The summed E-state index contributed by atoms with van der Waals surface area (Å²) in [4.78, 5) is 11.7. The number of carbonyl (C=O) groups excluding carboxylic acids is 1. The molecule has 0 unspecified atom stereocenters. The molecule has 98 valence electrons. The zero-order valence-corrected chi connectivity index (χ0v) is 11.3. The summed E-state index contributed by atoms with van der Waals surface area (Å²) in [5.74, 6) is 0.700. The molecule has 1 saturated carbocycles. The van der Waals surface area contributed by atoms with Crippen LogP contribution in [0, 0.1) is 5.92 Å². The zero-order chi connectivity index (χ0) is 13.0. The fraction of sp³-hybridized carbons (Fsp3) is 0.500. The van der Waals surface area contributed by atoms with Crippen LogP contribution >= 0.6 is 11.6 Å². The van der Waals surface area contributed by atoms with Crippen LogP contribution in [0.5, 0.6) is 0 Å². The molecule has 4 heteroatoms. The summed E-state index contributed by atoms with van der Waals surface area (Å²) in [5, 5.41) is 6.62. The molecule has 0 aromatic heterocycles. The normalized spacial score (nSPS) is 16.1. The van der Waals surface area contributed by atoms with Crippen molar-refractivity contribution < 1.29 is 4.79 Å². The van der Waals surface area contributed by atoms with Crippen molar-refractivity contribution in [3.8, 4) is 0 Å². The standard InChI is InChI=1S/C14H19ClN2O/c1-2-13(11-5-7-12(15)8-6-11)17-14(18)16-9-10-3-4-10/h5-8,10,13H,2-4,9H2,1H3,(H2,16,17,18)/t13-/m0/s1. The van der Waals surface area contributed by atoms with E-state index in [2.05, 4.69) is 17.6 Å². The smallest absolute Gasteiger partial charge is 0.315 e. The Kier molecular flexibility index (Phi) is 4.48. The number of halogens is 1. The molecule has 2 N–H and O–H groups in total. The fourth-order valence-electron chi connectivity index (χ4n) is 1.88. The average molecular weight is 267 g/mol. The maximum atomic E-state index is 11.7. The predicted octanol–water partition coefficient (Wildman–Crippen LogP) is 3.50. The third kappa shape index (κ3) is 3.91. The van der Waals surface area contributed by atoms with Crippen LogP contribution in [0.2, 0.25) is 5.02 Å². The molecule has 0 heterocycles. The summed E-state index contributed by atoms with van der Waals surface area (Å²) in [7, 11) is 0. The molecule has 3 nitrogen and oxygen atoms in total. The highest BCUT2D eigenvalue weighted by atomic mass is 35.5. The summed E-state index contributed by atoms with van der Waals surface area (Å²) in [6, 6.07) is 7.58. The van der Waals surface area contributed by atoms with E-state index in [1.165, 1.54) is 12.8 Å². The van der Waals surface area contributed by atoms with Gasteiger partial charge in [0.1, 0.15) is 0 Å². The molecule has 1 aromatic carbocycles. The second-order valence-corrected chi connectivity index (χ2v) is 5.25. The molecule has 2 amide bonds. The molecule has 0 bridgehead atoms. The number of rotatable bonds is 5. The summed E-state index contributed by atoms with van der Waals surface area (Å²) < 4.78 is 0. The minimum Gasteiger partial charge on any atom is -0.338 e. The molecule has 1 aromatic rings. The van der Waals surface area contributed by atoms with Gasteiger partial charge in [0, 0.05) is 11.6 Å². The highest BCUT2D eigenvalue weighted by Gasteiger charge is 2.22. The lowest BCUT2D eigenvalue weighted by Gasteiger charge is -2.18. The SMILES string of the molecule is CC[C@H](NC(=O)NCC1CC1)c1ccc(Cl)cc1. The van der Waals surface area contributed by atoms with Crippen LogP contribution in [-0.4, -0.2) is 12.6 Å². The highest BCUT2D eigenvalue weighted by Crippen LogP contribution is 2.27. The molecule has 0 spiro atoms. The van der Waals surface area contributed by atoms with E-state index in [9.17, 15) is 4.79 Å². The van der Waals surface area contributed by atoms with Gasteiger partial charge in [0.2, 0.25) is 0 Å².